The molecule has 0 spiro atoms. The predicted octanol–water partition coefficient (Wildman–Crippen LogP) is 1.79. The van der Waals surface area contributed by atoms with Crippen LogP contribution in [0.1, 0.15) is 19.8 Å². The molecular formula is C12H18BrN5O. The number of amidine groups is 1. The van der Waals surface area contributed by atoms with Crippen molar-refractivity contribution in [3.63, 3.8) is 0 Å². The minimum absolute atomic E-state index is 0.198. The third-order valence-corrected chi connectivity index (χ3v) is 4.24. The predicted molar refractivity (Wildman–Crippen MR) is 77.8 cm³/mol. The first-order valence-corrected chi connectivity index (χ1v) is 6.91. The first kappa shape index (κ1) is 14.0. The highest BCUT2D eigenvalue weighted by Gasteiger charge is 2.33. The van der Waals surface area contributed by atoms with Crippen LogP contribution in [-0.4, -0.2) is 36.0 Å². The molecule has 3 N–H and O–H groups in total. The van der Waals surface area contributed by atoms with Crippen molar-refractivity contribution in [3.05, 3.63) is 10.7 Å². The molecule has 1 fully saturated rings. The van der Waals surface area contributed by atoms with Gasteiger partial charge >= 0.3 is 0 Å². The van der Waals surface area contributed by atoms with E-state index in [4.69, 9.17) is 15.9 Å². The van der Waals surface area contributed by atoms with Crippen molar-refractivity contribution in [2.24, 2.45) is 11.1 Å². The first-order chi connectivity index (χ1) is 8.96. The van der Waals surface area contributed by atoms with Crippen LogP contribution in [0, 0.1) is 10.8 Å². The quantitative estimate of drug-likeness (QED) is 0.652. The van der Waals surface area contributed by atoms with Crippen LogP contribution in [0.4, 0.5) is 5.95 Å². The SMILES string of the molecule is COc1nc(N2CCC(C)(C(=N)N)CC2)ncc1Br. The minimum Gasteiger partial charge on any atom is -0.480 e. The van der Waals surface area contributed by atoms with Gasteiger partial charge in [0.1, 0.15) is 0 Å². The van der Waals surface area contributed by atoms with Crippen LogP contribution >= 0.6 is 15.9 Å². The van der Waals surface area contributed by atoms with E-state index in [1.807, 2.05) is 6.92 Å². The van der Waals surface area contributed by atoms with Crippen molar-refractivity contribution in [1.29, 1.82) is 5.41 Å². The van der Waals surface area contributed by atoms with Gasteiger partial charge < -0.3 is 15.4 Å². The van der Waals surface area contributed by atoms with Crippen LogP contribution in [0.25, 0.3) is 0 Å². The molecule has 0 bridgehead atoms. The van der Waals surface area contributed by atoms with Crippen molar-refractivity contribution < 1.29 is 4.74 Å². The summed E-state index contributed by atoms with van der Waals surface area (Å²) in [5, 5.41) is 7.65. The number of rotatable bonds is 3. The molecule has 0 aromatic carbocycles. The highest BCUT2D eigenvalue weighted by molar-refractivity contribution is 9.10. The zero-order chi connectivity index (χ0) is 14.0. The molecular weight excluding hydrogens is 310 g/mol. The molecule has 1 saturated heterocycles. The summed E-state index contributed by atoms with van der Waals surface area (Å²) in [5.74, 6) is 1.46. The zero-order valence-electron chi connectivity index (χ0n) is 11.1. The van der Waals surface area contributed by atoms with Gasteiger partial charge in [-0.25, -0.2) is 4.98 Å². The Hall–Kier alpha value is -1.37. The zero-order valence-corrected chi connectivity index (χ0v) is 12.7. The summed E-state index contributed by atoms with van der Waals surface area (Å²) < 4.78 is 5.92. The average molecular weight is 328 g/mol. The van der Waals surface area contributed by atoms with E-state index in [1.165, 1.54) is 0 Å². The van der Waals surface area contributed by atoms with Crippen LogP contribution < -0.4 is 15.4 Å². The lowest BCUT2D eigenvalue weighted by Crippen LogP contribution is -2.45. The van der Waals surface area contributed by atoms with Gasteiger partial charge in [0, 0.05) is 18.5 Å². The lowest BCUT2D eigenvalue weighted by molar-refractivity contribution is 0.346. The molecule has 2 rings (SSSR count). The molecule has 0 radical (unpaired) electrons. The maximum absolute atomic E-state index is 7.65. The maximum Gasteiger partial charge on any atom is 0.232 e. The molecule has 1 aromatic rings. The van der Waals surface area contributed by atoms with E-state index in [9.17, 15) is 0 Å². The Labute approximate surface area is 121 Å². The Balaban J connectivity index is 2.12. The van der Waals surface area contributed by atoms with E-state index in [0.29, 0.717) is 11.8 Å². The van der Waals surface area contributed by atoms with E-state index in [0.717, 1.165) is 30.4 Å². The second kappa shape index (κ2) is 5.32. The number of nitrogens with one attached hydrogen (secondary N) is 1. The van der Waals surface area contributed by atoms with Crippen LogP contribution in [0.5, 0.6) is 5.88 Å². The van der Waals surface area contributed by atoms with Gasteiger partial charge in [0.25, 0.3) is 0 Å². The van der Waals surface area contributed by atoms with Crippen molar-refractivity contribution in [1.82, 2.24) is 9.97 Å². The number of halogens is 1. The molecule has 1 aliphatic rings. The number of hydrogen-bond donors (Lipinski definition) is 2. The lowest BCUT2D eigenvalue weighted by atomic mass is 9.79. The summed E-state index contributed by atoms with van der Waals surface area (Å²) in [6.45, 7) is 3.62. The molecule has 0 unspecified atom stereocenters. The Morgan fingerprint density at radius 1 is 1.53 bits per heavy atom. The fourth-order valence-corrected chi connectivity index (χ4v) is 2.46. The monoisotopic (exact) mass is 327 g/mol. The van der Waals surface area contributed by atoms with Crippen molar-refractivity contribution >= 4 is 27.7 Å². The van der Waals surface area contributed by atoms with E-state index >= 15 is 0 Å². The number of anilines is 1. The van der Waals surface area contributed by atoms with Crippen molar-refractivity contribution in [2.45, 2.75) is 19.8 Å². The lowest BCUT2D eigenvalue weighted by Gasteiger charge is -2.38. The molecule has 0 saturated carbocycles. The van der Waals surface area contributed by atoms with Gasteiger partial charge in [-0.15, -0.1) is 0 Å². The molecule has 0 amide bonds. The van der Waals surface area contributed by atoms with Crippen molar-refractivity contribution in [2.75, 3.05) is 25.1 Å². The van der Waals surface area contributed by atoms with Gasteiger partial charge in [-0.05, 0) is 28.8 Å². The Morgan fingerprint density at radius 2 is 2.16 bits per heavy atom. The van der Waals surface area contributed by atoms with E-state index in [1.54, 1.807) is 13.3 Å². The average Bonchev–Trinajstić information content (AvgIpc) is 2.40. The molecule has 19 heavy (non-hydrogen) atoms. The van der Waals surface area contributed by atoms with E-state index in [-0.39, 0.29) is 11.3 Å². The van der Waals surface area contributed by atoms with E-state index in [2.05, 4.69) is 30.8 Å². The Morgan fingerprint density at radius 3 is 2.68 bits per heavy atom. The van der Waals surface area contributed by atoms with Gasteiger partial charge in [-0.3, -0.25) is 5.41 Å². The number of methoxy groups -OCH3 is 1. The first-order valence-electron chi connectivity index (χ1n) is 6.12. The summed E-state index contributed by atoms with van der Waals surface area (Å²) in [6.07, 6.45) is 3.37. The number of piperidine rings is 1. The molecule has 6 nitrogen and oxygen atoms in total. The summed E-state index contributed by atoms with van der Waals surface area (Å²) in [5.41, 5.74) is 5.46. The summed E-state index contributed by atoms with van der Waals surface area (Å²) in [7, 11) is 1.58. The number of nitrogens with two attached hydrogens (primary N) is 1. The fourth-order valence-electron chi connectivity index (χ4n) is 2.11. The molecule has 0 atom stereocenters. The third-order valence-electron chi connectivity index (χ3n) is 3.69. The minimum atomic E-state index is -0.198. The van der Waals surface area contributed by atoms with Gasteiger partial charge in [-0.1, -0.05) is 6.92 Å². The number of hydrogen-bond acceptors (Lipinski definition) is 5. The number of nitrogens with zero attached hydrogens (tertiary/aromatic N) is 3. The topological polar surface area (TPSA) is 88.1 Å². The number of ether oxygens (including phenoxy) is 1. The normalized spacial score (nSPS) is 18.2. The number of aromatic nitrogens is 2. The summed E-state index contributed by atoms with van der Waals surface area (Å²) in [6, 6.07) is 0. The standard InChI is InChI=1S/C12H18BrN5O/c1-12(10(14)15)3-5-18(6-4-12)11-16-7-8(13)9(17-11)19-2/h7H,3-6H2,1-2H3,(H3,14,15). The second-order valence-corrected chi connectivity index (χ2v) is 5.84. The smallest absolute Gasteiger partial charge is 0.232 e. The molecule has 0 aliphatic carbocycles. The molecule has 1 aromatic heterocycles. The van der Waals surface area contributed by atoms with Crippen LogP contribution in [-0.2, 0) is 0 Å². The van der Waals surface area contributed by atoms with Gasteiger partial charge in [0.05, 0.1) is 23.6 Å². The van der Waals surface area contributed by atoms with Crippen LogP contribution in [0.15, 0.2) is 10.7 Å². The summed E-state index contributed by atoms with van der Waals surface area (Å²) >= 11 is 3.34. The van der Waals surface area contributed by atoms with E-state index < -0.39 is 0 Å². The van der Waals surface area contributed by atoms with Crippen LogP contribution in [0.3, 0.4) is 0 Å². The van der Waals surface area contributed by atoms with Gasteiger partial charge in [0.2, 0.25) is 11.8 Å². The largest absolute Gasteiger partial charge is 0.480 e. The fraction of sp³-hybridized carbons (Fsp3) is 0.583. The molecule has 104 valence electrons. The van der Waals surface area contributed by atoms with Gasteiger partial charge in [-0.2, -0.15) is 4.98 Å². The molecule has 7 heteroatoms. The van der Waals surface area contributed by atoms with Crippen molar-refractivity contribution in [3.8, 4) is 5.88 Å². The Bertz CT molecular complexity index is 485. The van der Waals surface area contributed by atoms with Gasteiger partial charge in [0.15, 0.2) is 0 Å². The van der Waals surface area contributed by atoms with Crippen LogP contribution in [0.2, 0.25) is 0 Å². The Kier molecular flexibility index (Phi) is 3.93. The summed E-state index contributed by atoms with van der Waals surface area (Å²) in [4.78, 5) is 10.8. The highest BCUT2D eigenvalue weighted by atomic mass is 79.9. The molecule has 2 heterocycles. The second-order valence-electron chi connectivity index (χ2n) is 4.99. The maximum atomic E-state index is 7.65. The molecule has 1 aliphatic heterocycles. The highest BCUT2D eigenvalue weighted by Crippen LogP contribution is 2.32. The third kappa shape index (κ3) is 2.80.